The van der Waals surface area contributed by atoms with Crippen molar-refractivity contribution in [3.8, 4) is 5.75 Å². The smallest absolute Gasteiger partial charge is 0.342 e. The quantitative estimate of drug-likeness (QED) is 0.323. The van der Waals surface area contributed by atoms with Gasteiger partial charge >= 0.3 is 5.97 Å². The number of aromatic amines is 1. The van der Waals surface area contributed by atoms with E-state index in [-0.39, 0.29) is 47.3 Å². The van der Waals surface area contributed by atoms with E-state index >= 15 is 0 Å². The van der Waals surface area contributed by atoms with Crippen LogP contribution >= 0.6 is 0 Å². The molecule has 3 N–H and O–H groups in total. The van der Waals surface area contributed by atoms with E-state index in [2.05, 4.69) is 62.2 Å². The van der Waals surface area contributed by atoms with Gasteiger partial charge in [-0.3, -0.25) is 9.59 Å². The summed E-state index contributed by atoms with van der Waals surface area (Å²) in [7, 11) is 0. The van der Waals surface area contributed by atoms with Crippen LogP contribution in [-0.2, 0) is 19.1 Å². The lowest BCUT2D eigenvalue weighted by atomic mass is 9.75. The van der Waals surface area contributed by atoms with Crippen molar-refractivity contribution >= 4 is 35.5 Å². The molecule has 1 aliphatic heterocycles. The fraction of sp³-hybridized carbons (Fsp3) is 0.647. The van der Waals surface area contributed by atoms with Crippen molar-refractivity contribution in [2.45, 2.75) is 107 Å². The third-order valence-corrected chi connectivity index (χ3v) is 9.38. The van der Waals surface area contributed by atoms with Crippen LogP contribution in [0, 0.1) is 42.4 Å². The van der Waals surface area contributed by atoms with Gasteiger partial charge in [0.1, 0.15) is 23.6 Å². The summed E-state index contributed by atoms with van der Waals surface area (Å²) in [4.78, 5) is 45.8. The third kappa shape index (κ3) is 7.24. The molecule has 9 heteroatoms. The molecule has 0 spiro atoms. The summed E-state index contributed by atoms with van der Waals surface area (Å²) in [6.45, 7) is 19.8. The lowest BCUT2D eigenvalue weighted by Gasteiger charge is -2.38. The summed E-state index contributed by atoms with van der Waals surface area (Å²) in [5, 5.41) is 5.62. The van der Waals surface area contributed by atoms with Gasteiger partial charge in [-0.05, 0) is 86.7 Å². The van der Waals surface area contributed by atoms with Crippen LogP contribution < -0.4 is 15.4 Å². The summed E-state index contributed by atoms with van der Waals surface area (Å²) in [6.07, 6.45) is 5.83. The number of esters is 1. The first-order chi connectivity index (χ1) is 20.2. The number of H-pyrrole nitrogens is 1. The van der Waals surface area contributed by atoms with Crippen molar-refractivity contribution in [3.63, 3.8) is 0 Å². The van der Waals surface area contributed by atoms with Crippen LogP contribution in [0.5, 0.6) is 5.75 Å². The zero-order valence-corrected chi connectivity index (χ0v) is 27.5. The van der Waals surface area contributed by atoms with Gasteiger partial charge in [-0.25, -0.2) is 9.79 Å². The van der Waals surface area contributed by atoms with Crippen LogP contribution in [0.2, 0.25) is 0 Å². The molecule has 2 aliphatic carbocycles. The topological polar surface area (TPSA) is 122 Å². The monoisotopic (exact) mass is 594 g/mol. The maximum atomic E-state index is 13.6. The standard InChI is InChI=1S/C34H50N4O5/c1-16-11-18(3)29(19(4)12-16)42-31-23(8)27(38-33(31)36-25(10)40)15-26-22(7)28(32(37-26)35-24(9)39)34(41)43-30-20(5)13-17(2)14-21(30)6/h15-21,29-30,38H,11-14H2,1-10H3,(H,36,40)(H,35,37,39)/b26-15-. The number of amidine groups is 1. The van der Waals surface area contributed by atoms with E-state index in [0.29, 0.717) is 52.2 Å². The molecular weight excluding hydrogens is 544 g/mol. The van der Waals surface area contributed by atoms with Crippen LogP contribution in [-0.4, -0.2) is 40.8 Å². The predicted molar refractivity (Wildman–Crippen MR) is 170 cm³/mol. The van der Waals surface area contributed by atoms with Crippen molar-refractivity contribution in [2.75, 3.05) is 5.32 Å². The number of allylic oxidation sites excluding steroid dienone is 1. The molecule has 2 saturated carbocycles. The van der Waals surface area contributed by atoms with E-state index in [4.69, 9.17) is 9.47 Å². The Morgan fingerprint density at radius 3 is 1.84 bits per heavy atom. The Morgan fingerprint density at radius 1 is 0.814 bits per heavy atom. The molecule has 3 aliphatic rings. The maximum absolute atomic E-state index is 13.6. The van der Waals surface area contributed by atoms with Gasteiger partial charge in [0.15, 0.2) is 11.6 Å². The van der Waals surface area contributed by atoms with Gasteiger partial charge in [0.05, 0.1) is 5.70 Å². The number of carbonyl (C=O) groups is 3. The molecule has 9 nitrogen and oxygen atoms in total. The Bertz CT molecular complexity index is 1330. The van der Waals surface area contributed by atoms with Crippen molar-refractivity contribution in [1.82, 2.24) is 10.3 Å². The van der Waals surface area contributed by atoms with Gasteiger partial charge in [-0.1, -0.05) is 41.5 Å². The van der Waals surface area contributed by atoms with E-state index in [0.717, 1.165) is 31.2 Å². The fourth-order valence-corrected chi connectivity index (χ4v) is 7.67. The molecule has 2 fully saturated rings. The average molecular weight is 595 g/mol. The molecule has 236 valence electrons. The molecule has 0 radical (unpaired) electrons. The second-order valence-electron chi connectivity index (χ2n) is 13.7. The Kier molecular flexibility index (Phi) is 9.92. The molecular formula is C34H50N4O5. The molecule has 2 amide bonds. The number of aromatic nitrogens is 1. The van der Waals surface area contributed by atoms with Crippen LogP contribution in [0.1, 0.15) is 99.3 Å². The Labute approximate surface area is 256 Å². The third-order valence-electron chi connectivity index (χ3n) is 9.38. The summed E-state index contributed by atoms with van der Waals surface area (Å²) in [6, 6.07) is 0. The first kappa shape index (κ1) is 32.6. The Balaban J connectivity index is 1.69. The van der Waals surface area contributed by atoms with Crippen molar-refractivity contribution in [3.05, 3.63) is 28.1 Å². The maximum Gasteiger partial charge on any atom is 0.342 e. The normalized spacial score (nSPS) is 32.0. The highest BCUT2D eigenvalue weighted by molar-refractivity contribution is 6.25. The molecule has 0 bridgehead atoms. The van der Waals surface area contributed by atoms with Crippen molar-refractivity contribution < 1.29 is 23.9 Å². The minimum Gasteiger partial charge on any atom is -0.486 e. The zero-order chi connectivity index (χ0) is 31.7. The van der Waals surface area contributed by atoms with Gasteiger partial charge < -0.3 is 25.1 Å². The molecule has 1 aromatic rings. The highest BCUT2D eigenvalue weighted by Crippen LogP contribution is 2.41. The molecule has 4 atom stereocenters. The first-order valence-corrected chi connectivity index (χ1v) is 15.8. The highest BCUT2D eigenvalue weighted by Gasteiger charge is 2.38. The number of aliphatic imine (C=N–C) groups is 1. The largest absolute Gasteiger partial charge is 0.486 e. The molecule has 4 unspecified atom stereocenters. The first-order valence-electron chi connectivity index (χ1n) is 15.8. The van der Waals surface area contributed by atoms with E-state index in [9.17, 15) is 14.4 Å². The van der Waals surface area contributed by atoms with Crippen LogP contribution in [0.3, 0.4) is 0 Å². The average Bonchev–Trinajstić information content (AvgIpc) is 3.32. The molecule has 0 aromatic carbocycles. The van der Waals surface area contributed by atoms with E-state index in [1.807, 2.05) is 19.9 Å². The van der Waals surface area contributed by atoms with E-state index in [1.165, 1.54) is 13.8 Å². The molecule has 43 heavy (non-hydrogen) atoms. The second-order valence-corrected chi connectivity index (χ2v) is 13.7. The number of amides is 2. The number of rotatable bonds is 6. The van der Waals surface area contributed by atoms with Crippen LogP contribution in [0.4, 0.5) is 5.82 Å². The van der Waals surface area contributed by atoms with E-state index in [1.54, 1.807) is 0 Å². The number of anilines is 1. The summed E-state index contributed by atoms with van der Waals surface area (Å²) < 4.78 is 12.8. The SMILES string of the molecule is CC(=O)NC1=N/C(=C\c2[nH]c(NC(C)=O)c(OC3C(C)CC(C)CC3C)c2C)C(C)=C1C(=O)OC1C(C)CC(C)CC1C. The van der Waals surface area contributed by atoms with Gasteiger partial charge in [0.25, 0.3) is 0 Å². The van der Waals surface area contributed by atoms with Crippen molar-refractivity contribution in [1.29, 1.82) is 0 Å². The van der Waals surface area contributed by atoms with Gasteiger partial charge in [0, 0.05) is 25.1 Å². The lowest BCUT2D eigenvalue weighted by molar-refractivity contribution is -0.152. The number of carbonyl (C=O) groups excluding carboxylic acids is 3. The Hall–Kier alpha value is -3.36. The van der Waals surface area contributed by atoms with E-state index < -0.39 is 5.97 Å². The molecule has 1 aromatic heterocycles. The predicted octanol–water partition coefficient (Wildman–Crippen LogP) is 6.55. The summed E-state index contributed by atoms with van der Waals surface area (Å²) in [5.74, 6) is 2.74. The number of hydrogen-bond donors (Lipinski definition) is 3. The fourth-order valence-electron chi connectivity index (χ4n) is 7.67. The van der Waals surface area contributed by atoms with Gasteiger partial charge in [-0.15, -0.1) is 0 Å². The van der Waals surface area contributed by atoms with Gasteiger partial charge in [-0.2, -0.15) is 0 Å². The van der Waals surface area contributed by atoms with Crippen LogP contribution in [0.15, 0.2) is 21.8 Å². The highest BCUT2D eigenvalue weighted by atomic mass is 16.5. The summed E-state index contributed by atoms with van der Waals surface area (Å²) in [5.41, 5.74) is 2.92. The number of nitrogens with one attached hydrogen (secondary N) is 3. The molecule has 2 heterocycles. The minimum atomic E-state index is -0.479. The molecule has 4 rings (SSSR count). The van der Waals surface area contributed by atoms with Crippen LogP contribution in [0.25, 0.3) is 6.08 Å². The Morgan fingerprint density at radius 2 is 1.33 bits per heavy atom. The zero-order valence-electron chi connectivity index (χ0n) is 27.5. The summed E-state index contributed by atoms with van der Waals surface area (Å²) >= 11 is 0. The van der Waals surface area contributed by atoms with Gasteiger partial charge in [0.2, 0.25) is 11.8 Å². The second kappa shape index (κ2) is 13.1. The number of hydrogen-bond acceptors (Lipinski definition) is 6. The van der Waals surface area contributed by atoms with Crippen molar-refractivity contribution in [2.24, 2.45) is 40.5 Å². The lowest BCUT2D eigenvalue weighted by Crippen LogP contribution is -2.39. The minimum absolute atomic E-state index is 0.0187. The number of ether oxygens (including phenoxy) is 2. The number of nitrogens with zero attached hydrogens (tertiary/aromatic N) is 1. The molecule has 0 saturated heterocycles.